The lowest BCUT2D eigenvalue weighted by Gasteiger charge is -2.26. The fourth-order valence-electron chi connectivity index (χ4n) is 4.31. The first-order chi connectivity index (χ1) is 19.0. The molecule has 0 bridgehead atoms. The number of hydrogen-bond acceptors (Lipinski definition) is 7. The van der Waals surface area contributed by atoms with Gasteiger partial charge in [0.2, 0.25) is 0 Å². The third-order valence-corrected chi connectivity index (χ3v) is 7.83. The summed E-state index contributed by atoms with van der Waals surface area (Å²) >= 11 is 13.7. The summed E-state index contributed by atoms with van der Waals surface area (Å²) < 4.78 is 19.2. The van der Waals surface area contributed by atoms with E-state index < -0.39 is 12.0 Å². The Hall–Kier alpha value is -3.07. The van der Waals surface area contributed by atoms with Gasteiger partial charge in [0.15, 0.2) is 16.3 Å². The summed E-state index contributed by atoms with van der Waals surface area (Å²) in [6.45, 7) is 10.1. The fraction of sp³-hybridized carbons (Fsp3) is 0.367. The van der Waals surface area contributed by atoms with Crippen LogP contribution >= 0.6 is 34.5 Å². The van der Waals surface area contributed by atoms with Gasteiger partial charge < -0.3 is 14.2 Å². The number of allylic oxidation sites excluding steroid dienone is 1. The van der Waals surface area contributed by atoms with Crippen molar-refractivity contribution in [3.8, 4) is 11.5 Å². The molecule has 40 heavy (non-hydrogen) atoms. The number of hydrogen-bond donors (Lipinski definition) is 0. The Kier molecular flexibility index (Phi) is 9.44. The number of ether oxygens (including phenoxy) is 3. The van der Waals surface area contributed by atoms with E-state index in [0.717, 1.165) is 6.42 Å². The Morgan fingerprint density at radius 2 is 1.88 bits per heavy atom. The molecule has 0 saturated carbocycles. The Morgan fingerprint density at radius 3 is 2.52 bits per heavy atom. The zero-order valence-electron chi connectivity index (χ0n) is 23.3. The Balaban J connectivity index is 1.89. The maximum atomic E-state index is 13.9. The Morgan fingerprint density at radius 1 is 1.12 bits per heavy atom. The maximum Gasteiger partial charge on any atom is 0.338 e. The summed E-state index contributed by atoms with van der Waals surface area (Å²) in [7, 11) is 1.56. The van der Waals surface area contributed by atoms with E-state index in [1.54, 1.807) is 64.3 Å². The monoisotopic (exact) mass is 602 g/mol. The van der Waals surface area contributed by atoms with Gasteiger partial charge in [0.25, 0.3) is 5.56 Å². The molecule has 1 atom stereocenters. The van der Waals surface area contributed by atoms with Gasteiger partial charge in [-0.15, -0.1) is 0 Å². The zero-order valence-corrected chi connectivity index (χ0v) is 25.6. The number of carbonyl (C=O) groups excluding carboxylic acids is 1. The molecule has 0 aliphatic carbocycles. The highest BCUT2D eigenvalue weighted by Crippen LogP contribution is 2.36. The normalized spacial score (nSPS) is 15.3. The van der Waals surface area contributed by atoms with Crippen molar-refractivity contribution in [3.05, 3.63) is 88.5 Å². The first kappa shape index (κ1) is 29.9. The van der Waals surface area contributed by atoms with E-state index >= 15 is 0 Å². The van der Waals surface area contributed by atoms with Crippen LogP contribution in [0.4, 0.5) is 0 Å². The van der Waals surface area contributed by atoms with Crippen LogP contribution in [0.15, 0.2) is 57.5 Å². The summed E-state index contributed by atoms with van der Waals surface area (Å²) in [6, 6.07) is 9.73. The number of nitrogens with zero attached hydrogens (tertiary/aromatic N) is 2. The van der Waals surface area contributed by atoms with Crippen LogP contribution in [-0.2, 0) is 9.53 Å². The number of aromatic nitrogens is 1. The van der Waals surface area contributed by atoms with Crippen LogP contribution in [0.1, 0.15) is 58.2 Å². The third-order valence-electron chi connectivity index (χ3n) is 6.29. The van der Waals surface area contributed by atoms with Gasteiger partial charge in [0.1, 0.15) is 0 Å². The van der Waals surface area contributed by atoms with E-state index in [4.69, 9.17) is 37.4 Å². The van der Waals surface area contributed by atoms with Crippen molar-refractivity contribution in [2.45, 2.75) is 53.2 Å². The number of esters is 1. The molecule has 10 heteroatoms. The van der Waals surface area contributed by atoms with Crippen LogP contribution < -0.4 is 24.4 Å². The molecular formula is C30H32Cl2N2O5S. The first-order valence-corrected chi connectivity index (χ1v) is 14.6. The fourth-order valence-corrected chi connectivity index (χ4v) is 5.81. The molecule has 4 rings (SSSR count). The average molecular weight is 604 g/mol. The van der Waals surface area contributed by atoms with Gasteiger partial charge in [0, 0.05) is 10.0 Å². The topological polar surface area (TPSA) is 79.1 Å². The van der Waals surface area contributed by atoms with E-state index in [9.17, 15) is 9.59 Å². The van der Waals surface area contributed by atoms with Gasteiger partial charge in [-0.2, -0.15) is 0 Å². The number of rotatable bonds is 9. The van der Waals surface area contributed by atoms with Crippen molar-refractivity contribution >= 4 is 46.6 Å². The molecule has 0 N–H and O–H groups in total. The smallest absolute Gasteiger partial charge is 0.338 e. The second kappa shape index (κ2) is 12.6. The quantitative estimate of drug-likeness (QED) is 0.284. The molecule has 0 amide bonds. The first-order valence-electron chi connectivity index (χ1n) is 13.0. The minimum atomic E-state index is -0.788. The van der Waals surface area contributed by atoms with Crippen LogP contribution in [0, 0.1) is 5.92 Å². The highest BCUT2D eigenvalue weighted by molar-refractivity contribution is 7.07. The van der Waals surface area contributed by atoms with Crippen molar-refractivity contribution in [1.29, 1.82) is 0 Å². The molecule has 7 nitrogen and oxygen atoms in total. The van der Waals surface area contributed by atoms with Crippen LogP contribution in [0.5, 0.6) is 11.5 Å². The molecule has 1 unspecified atom stereocenters. The second-order valence-corrected chi connectivity index (χ2v) is 12.0. The van der Waals surface area contributed by atoms with E-state index in [1.807, 2.05) is 6.07 Å². The van der Waals surface area contributed by atoms with Crippen LogP contribution in [-0.4, -0.2) is 30.4 Å². The van der Waals surface area contributed by atoms with Crippen molar-refractivity contribution in [1.82, 2.24) is 4.57 Å². The molecule has 0 radical (unpaired) electrons. The molecule has 3 aromatic rings. The molecule has 2 aromatic carbocycles. The lowest BCUT2D eigenvalue weighted by molar-refractivity contribution is -0.143. The van der Waals surface area contributed by atoms with Gasteiger partial charge in [-0.1, -0.05) is 60.5 Å². The molecule has 2 heterocycles. The number of methoxy groups -OCH3 is 1. The Labute approximate surface area is 247 Å². The van der Waals surface area contributed by atoms with Crippen LogP contribution in [0.25, 0.3) is 6.08 Å². The molecule has 1 aliphatic rings. The summed E-state index contributed by atoms with van der Waals surface area (Å²) in [6.07, 6.45) is 2.25. The standard InChI is InChI=1S/C30H32Cl2N2O5S/c1-16(2)11-12-38-23-10-8-20(13-24(23)37-6)27-26(29(36)39-17(3)4)18(5)33-30-34(27)28(35)25(40-30)14-19-7-9-21(31)15-22(19)32/h7-10,13-17,27H,11-12H2,1-6H3. The van der Waals surface area contributed by atoms with E-state index in [1.165, 1.54) is 15.9 Å². The van der Waals surface area contributed by atoms with Crippen molar-refractivity contribution in [3.63, 3.8) is 0 Å². The van der Waals surface area contributed by atoms with Gasteiger partial charge in [0.05, 0.1) is 41.7 Å². The van der Waals surface area contributed by atoms with Gasteiger partial charge in [-0.25, -0.2) is 9.79 Å². The van der Waals surface area contributed by atoms with Crippen LogP contribution in [0.3, 0.4) is 0 Å². The number of carbonyl (C=O) groups is 1. The highest BCUT2D eigenvalue weighted by atomic mass is 35.5. The number of thiazole rings is 1. The van der Waals surface area contributed by atoms with Gasteiger partial charge >= 0.3 is 5.97 Å². The second-order valence-electron chi connectivity index (χ2n) is 10.1. The van der Waals surface area contributed by atoms with Gasteiger partial charge in [-0.3, -0.25) is 9.36 Å². The molecule has 0 fully saturated rings. The number of halogens is 2. The summed E-state index contributed by atoms with van der Waals surface area (Å²) in [5.41, 5.74) is 1.76. The summed E-state index contributed by atoms with van der Waals surface area (Å²) in [4.78, 5) is 32.4. The molecular weight excluding hydrogens is 571 g/mol. The number of fused-ring (bicyclic) bond motifs is 1. The SMILES string of the molecule is COc1cc(C2C(C(=O)OC(C)C)=C(C)N=c3sc(=Cc4ccc(Cl)cc4Cl)c(=O)n32)ccc1OCCC(C)C. The molecule has 1 aromatic heterocycles. The lowest BCUT2D eigenvalue weighted by atomic mass is 9.95. The third kappa shape index (κ3) is 6.45. The van der Waals surface area contributed by atoms with E-state index in [2.05, 4.69) is 18.8 Å². The molecule has 1 aliphatic heterocycles. The highest BCUT2D eigenvalue weighted by Gasteiger charge is 2.34. The van der Waals surface area contributed by atoms with E-state index in [-0.39, 0.29) is 17.2 Å². The maximum absolute atomic E-state index is 13.9. The van der Waals surface area contributed by atoms with Crippen LogP contribution in [0.2, 0.25) is 10.0 Å². The largest absolute Gasteiger partial charge is 0.493 e. The number of benzene rings is 2. The minimum absolute atomic E-state index is 0.285. The average Bonchev–Trinajstić information content (AvgIpc) is 3.18. The van der Waals surface area contributed by atoms with E-state index in [0.29, 0.717) is 60.2 Å². The zero-order chi connectivity index (χ0) is 29.1. The molecule has 212 valence electrons. The van der Waals surface area contributed by atoms with Crippen molar-refractivity contribution in [2.75, 3.05) is 13.7 Å². The summed E-state index contributed by atoms with van der Waals surface area (Å²) in [5.74, 6) is 1.05. The van der Waals surface area contributed by atoms with Crippen molar-refractivity contribution < 1.29 is 19.0 Å². The van der Waals surface area contributed by atoms with Gasteiger partial charge in [-0.05, 0) is 74.6 Å². The minimum Gasteiger partial charge on any atom is -0.493 e. The molecule has 0 spiro atoms. The predicted octanol–water partition coefficient (Wildman–Crippen LogP) is 5.93. The lowest BCUT2D eigenvalue weighted by Crippen LogP contribution is -2.40. The van der Waals surface area contributed by atoms with Crippen molar-refractivity contribution in [2.24, 2.45) is 10.9 Å². The Bertz CT molecular complexity index is 1640. The molecule has 0 saturated heterocycles. The summed E-state index contributed by atoms with van der Waals surface area (Å²) in [5, 5.41) is 0.920. The predicted molar refractivity (Wildman–Crippen MR) is 159 cm³/mol.